The molecule has 0 aliphatic heterocycles. The first-order valence-corrected chi connectivity index (χ1v) is 10.5. The molecule has 1 aromatic rings. The van der Waals surface area contributed by atoms with Gasteiger partial charge in [0.2, 0.25) is 0 Å². The van der Waals surface area contributed by atoms with E-state index in [2.05, 4.69) is 19.1 Å². The molecule has 0 unspecified atom stereocenters. The van der Waals surface area contributed by atoms with Crippen LogP contribution in [0.4, 0.5) is 0 Å². The van der Waals surface area contributed by atoms with Gasteiger partial charge in [-0.05, 0) is 91.9 Å². The van der Waals surface area contributed by atoms with E-state index >= 15 is 0 Å². The van der Waals surface area contributed by atoms with Gasteiger partial charge in [0.15, 0.2) is 0 Å². The second kappa shape index (κ2) is 5.34. The molecule has 4 aliphatic rings. The molecule has 4 aliphatic carbocycles. The Balaban J connectivity index is 1.49. The van der Waals surface area contributed by atoms with Gasteiger partial charge in [0, 0.05) is 11.8 Å². The Kier molecular flexibility index (Phi) is 3.45. The van der Waals surface area contributed by atoms with Gasteiger partial charge in [-0.3, -0.25) is 4.79 Å². The molecule has 0 spiro atoms. The number of esters is 1. The number of fused-ring (bicyclic) bond motifs is 3. The van der Waals surface area contributed by atoms with Gasteiger partial charge in [-0.25, -0.2) is 0 Å². The van der Waals surface area contributed by atoms with Crippen LogP contribution in [0.1, 0.15) is 82.3 Å². The van der Waals surface area contributed by atoms with E-state index in [1.54, 1.807) is 0 Å². The number of hydrogen-bond donors (Lipinski definition) is 1. The highest BCUT2D eigenvalue weighted by molar-refractivity contribution is 5.72. The Bertz CT molecular complexity index is 759. The highest BCUT2D eigenvalue weighted by atomic mass is 16.5. The molecular formula is C23H30O3. The maximum Gasteiger partial charge on any atom is 0.310 e. The fraction of sp³-hybridized carbons (Fsp3) is 0.696. The first-order chi connectivity index (χ1) is 12.4. The zero-order chi connectivity index (χ0) is 18.2. The molecule has 1 aromatic carbocycles. The summed E-state index contributed by atoms with van der Waals surface area (Å²) in [6, 6.07) is 6.31. The van der Waals surface area contributed by atoms with Gasteiger partial charge in [0.1, 0.15) is 5.75 Å². The highest BCUT2D eigenvalue weighted by Crippen LogP contribution is 2.77. The molecule has 3 atom stereocenters. The topological polar surface area (TPSA) is 46.5 Å². The van der Waals surface area contributed by atoms with E-state index in [0.29, 0.717) is 29.4 Å². The average molecular weight is 354 g/mol. The number of ether oxygens (including phenoxy) is 1. The molecule has 0 amide bonds. The molecule has 3 fully saturated rings. The minimum Gasteiger partial charge on any atom is -0.427 e. The lowest BCUT2D eigenvalue weighted by Crippen LogP contribution is -2.51. The first kappa shape index (κ1) is 16.8. The molecule has 26 heavy (non-hydrogen) atoms. The Morgan fingerprint density at radius 2 is 1.96 bits per heavy atom. The minimum absolute atomic E-state index is 0.120. The van der Waals surface area contributed by atoms with Crippen LogP contribution in [-0.4, -0.2) is 16.7 Å². The predicted molar refractivity (Wildman–Crippen MR) is 100 cm³/mol. The molecule has 1 N–H and O–H groups in total. The molecule has 140 valence electrons. The van der Waals surface area contributed by atoms with Crippen LogP contribution in [0.15, 0.2) is 18.2 Å². The largest absolute Gasteiger partial charge is 0.427 e. The number of carbonyl (C=O) groups is 1. The Hall–Kier alpha value is -1.35. The summed E-state index contributed by atoms with van der Waals surface area (Å²) in [5, 5.41) is 11.3. The molecule has 3 nitrogen and oxygen atoms in total. The third kappa shape index (κ3) is 1.91. The third-order valence-electron chi connectivity index (χ3n) is 9.01. The van der Waals surface area contributed by atoms with Crippen LogP contribution in [0.2, 0.25) is 0 Å². The van der Waals surface area contributed by atoms with Crippen LogP contribution in [0.3, 0.4) is 0 Å². The lowest BCUT2D eigenvalue weighted by atomic mass is 9.48. The number of benzene rings is 1. The van der Waals surface area contributed by atoms with E-state index in [0.717, 1.165) is 25.7 Å². The monoisotopic (exact) mass is 354 g/mol. The van der Waals surface area contributed by atoms with Gasteiger partial charge >= 0.3 is 5.97 Å². The van der Waals surface area contributed by atoms with Crippen molar-refractivity contribution in [3.8, 4) is 5.75 Å². The lowest BCUT2D eigenvalue weighted by molar-refractivity contribution is -0.134. The molecule has 3 saturated carbocycles. The van der Waals surface area contributed by atoms with Gasteiger partial charge in [-0.15, -0.1) is 0 Å². The van der Waals surface area contributed by atoms with E-state index in [1.165, 1.54) is 36.8 Å². The molecule has 0 saturated heterocycles. The fourth-order valence-corrected chi connectivity index (χ4v) is 7.56. The molecular weight excluding hydrogens is 324 g/mol. The quantitative estimate of drug-likeness (QED) is 0.616. The summed E-state index contributed by atoms with van der Waals surface area (Å²) in [5.74, 6) is 1.85. The van der Waals surface area contributed by atoms with E-state index < -0.39 is 5.60 Å². The SMILES string of the molecule is CCC(=O)Oc1ccc2c(c1)CC[C@@H]1[C@@H]2CC[C@]2(C)[C@]3(O)CC[C@@]12CC3. The summed E-state index contributed by atoms with van der Waals surface area (Å²) >= 11 is 0. The smallest absolute Gasteiger partial charge is 0.310 e. The first-order valence-electron chi connectivity index (χ1n) is 10.5. The van der Waals surface area contributed by atoms with Crippen molar-refractivity contribution < 1.29 is 14.6 Å². The maximum atomic E-state index is 11.6. The molecule has 0 heterocycles. The Morgan fingerprint density at radius 3 is 2.69 bits per heavy atom. The summed E-state index contributed by atoms with van der Waals surface area (Å²) in [7, 11) is 0. The number of rotatable bonds is 2. The van der Waals surface area contributed by atoms with E-state index in [9.17, 15) is 9.90 Å². The number of hydrogen-bond acceptors (Lipinski definition) is 3. The van der Waals surface area contributed by atoms with Crippen LogP contribution < -0.4 is 4.74 Å². The van der Waals surface area contributed by atoms with Gasteiger partial charge in [0.25, 0.3) is 0 Å². The summed E-state index contributed by atoms with van der Waals surface area (Å²) < 4.78 is 5.44. The van der Waals surface area contributed by atoms with Crippen molar-refractivity contribution in [1.82, 2.24) is 0 Å². The molecule has 0 radical (unpaired) electrons. The average Bonchev–Trinajstić information content (AvgIpc) is 3.02. The van der Waals surface area contributed by atoms with E-state index in [-0.39, 0.29) is 11.4 Å². The third-order valence-corrected chi connectivity index (χ3v) is 9.01. The zero-order valence-electron chi connectivity index (χ0n) is 16.0. The van der Waals surface area contributed by atoms with Crippen molar-refractivity contribution >= 4 is 5.97 Å². The van der Waals surface area contributed by atoms with Gasteiger partial charge in [-0.1, -0.05) is 19.9 Å². The molecule has 0 aromatic heterocycles. The van der Waals surface area contributed by atoms with Gasteiger partial charge < -0.3 is 9.84 Å². The summed E-state index contributed by atoms with van der Waals surface area (Å²) in [5.41, 5.74) is 2.91. The van der Waals surface area contributed by atoms with Crippen LogP contribution in [0.25, 0.3) is 0 Å². The van der Waals surface area contributed by atoms with E-state index in [4.69, 9.17) is 4.74 Å². The van der Waals surface area contributed by atoms with Crippen LogP contribution in [0, 0.1) is 16.7 Å². The minimum atomic E-state index is -0.406. The lowest BCUT2D eigenvalue weighted by Gasteiger charge is -2.56. The number of aliphatic hydroxyl groups is 1. The molecule has 5 rings (SSSR count). The van der Waals surface area contributed by atoms with E-state index in [1.807, 2.05) is 13.0 Å². The van der Waals surface area contributed by atoms with Crippen molar-refractivity contribution in [2.75, 3.05) is 0 Å². The van der Waals surface area contributed by atoms with Crippen molar-refractivity contribution in [1.29, 1.82) is 0 Å². The van der Waals surface area contributed by atoms with Crippen molar-refractivity contribution in [3.63, 3.8) is 0 Å². The Labute approximate surface area is 156 Å². The maximum absolute atomic E-state index is 11.6. The summed E-state index contributed by atoms with van der Waals surface area (Å²) in [6.45, 7) is 4.22. The van der Waals surface area contributed by atoms with Crippen molar-refractivity contribution in [2.45, 2.75) is 83.2 Å². The second-order valence-corrected chi connectivity index (χ2v) is 9.50. The van der Waals surface area contributed by atoms with Crippen molar-refractivity contribution in [2.24, 2.45) is 16.7 Å². The number of aryl methyl sites for hydroxylation is 1. The molecule has 2 bridgehead atoms. The standard InChI is InChI=1S/C23H30O3/c1-3-20(24)26-16-5-6-17-15(14-16)4-7-19-18(17)8-9-21(2)22(19)10-12-23(21,25)13-11-22/h5-6,14,18-19,25H,3-4,7-13H2,1-2H3/t18-,19-,21+,22-,23+/m1/s1. The van der Waals surface area contributed by atoms with Crippen LogP contribution >= 0.6 is 0 Å². The summed E-state index contributed by atoms with van der Waals surface area (Å²) in [4.78, 5) is 11.6. The van der Waals surface area contributed by atoms with Crippen LogP contribution in [0.5, 0.6) is 5.75 Å². The van der Waals surface area contributed by atoms with Gasteiger partial charge in [-0.2, -0.15) is 0 Å². The van der Waals surface area contributed by atoms with Crippen LogP contribution in [-0.2, 0) is 11.2 Å². The normalized spacial score (nSPS) is 42.7. The van der Waals surface area contributed by atoms with Gasteiger partial charge in [0.05, 0.1) is 5.60 Å². The number of carbonyl (C=O) groups excluding carboxylic acids is 1. The fourth-order valence-electron chi connectivity index (χ4n) is 7.56. The zero-order valence-corrected chi connectivity index (χ0v) is 16.0. The molecule has 3 heteroatoms. The highest BCUT2D eigenvalue weighted by Gasteiger charge is 2.73. The van der Waals surface area contributed by atoms with Crippen molar-refractivity contribution in [3.05, 3.63) is 29.3 Å². The second-order valence-electron chi connectivity index (χ2n) is 9.50. The summed E-state index contributed by atoms with van der Waals surface area (Å²) in [6.07, 6.45) is 9.47. The Morgan fingerprint density at radius 1 is 1.19 bits per heavy atom. The predicted octanol–water partition coefficient (Wildman–Crippen LogP) is 4.75.